The van der Waals surface area contributed by atoms with Gasteiger partial charge in [-0.1, -0.05) is 23.2 Å². The summed E-state index contributed by atoms with van der Waals surface area (Å²) in [6.45, 7) is 1.24. The number of hydrogen-bond donors (Lipinski definition) is 2. The quantitative estimate of drug-likeness (QED) is 0.547. The molecule has 0 aliphatic rings. The van der Waals surface area contributed by atoms with Crippen LogP contribution in [0, 0.1) is 0 Å². The Hall–Kier alpha value is 0.300. The van der Waals surface area contributed by atoms with Gasteiger partial charge in [-0.25, -0.2) is 0 Å². The minimum absolute atomic E-state index is 0.169. The standard InChI is InChI=1S/C5H8Cl3NO2/c1-3(10)9-4(11)5(7,8)2-6/h4,11H,2H2,1H3,(H,9,10). The minimum atomic E-state index is -1.53. The van der Waals surface area contributed by atoms with E-state index in [1.54, 1.807) is 0 Å². The van der Waals surface area contributed by atoms with Crippen LogP contribution in [0.5, 0.6) is 0 Å². The molecule has 3 nitrogen and oxygen atoms in total. The molecular weight excluding hydrogens is 212 g/mol. The first-order valence-electron chi connectivity index (χ1n) is 2.79. The SMILES string of the molecule is CC(=O)NC(O)C(Cl)(Cl)CCl. The lowest BCUT2D eigenvalue weighted by Crippen LogP contribution is -2.46. The number of halogens is 3. The Labute approximate surface area is 79.6 Å². The van der Waals surface area contributed by atoms with Gasteiger partial charge in [0, 0.05) is 6.92 Å². The fourth-order valence-electron chi connectivity index (χ4n) is 0.371. The first-order valence-corrected chi connectivity index (χ1v) is 4.08. The molecule has 0 bridgehead atoms. The van der Waals surface area contributed by atoms with Gasteiger partial charge in [-0.05, 0) is 0 Å². The summed E-state index contributed by atoms with van der Waals surface area (Å²) < 4.78 is -1.53. The molecule has 1 atom stereocenters. The van der Waals surface area contributed by atoms with Gasteiger partial charge in [0.05, 0.1) is 5.88 Å². The number of hydrogen-bond acceptors (Lipinski definition) is 2. The first kappa shape index (κ1) is 11.3. The van der Waals surface area contributed by atoms with Crippen LogP contribution in [0.1, 0.15) is 6.92 Å². The number of carbonyl (C=O) groups is 1. The van der Waals surface area contributed by atoms with E-state index >= 15 is 0 Å². The Bertz CT molecular complexity index is 151. The van der Waals surface area contributed by atoms with E-state index in [-0.39, 0.29) is 5.88 Å². The summed E-state index contributed by atoms with van der Waals surface area (Å²) in [6.07, 6.45) is -1.35. The number of amides is 1. The van der Waals surface area contributed by atoms with Crippen molar-refractivity contribution < 1.29 is 9.90 Å². The summed E-state index contributed by atoms with van der Waals surface area (Å²) in [6, 6.07) is 0. The number of carbonyl (C=O) groups excluding carboxylic acids is 1. The molecule has 1 amide bonds. The van der Waals surface area contributed by atoms with E-state index in [1.165, 1.54) is 6.92 Å². The number of rotatable bonds is 3. The molecule has 0 saturated heterocycles. The maximum Gasteiger partial charge on any atom is 0.218 e. The largest absolute Gasteiger partial charge is 0.370 e. The number of nitrogens with one attached hydrogen (secondary N) is 1. The average Bonchev–Trinajstić information content (AvgIpc) is 1.86. The summed E-state index contributed by atoms with van der Waals surface area (Å²) in [5, 5.41) is 11.2. The maximum absolute atomic E-state index is 10.4. The van der Waals surface area contributed by atoms with Crippen LogP contribution in [-0.4, -0.2) is 27.5 Å². The van der Waals surface area contributed by atoms with E-state index in [9.17, 15) is 4.79 Å². The second-order valence-electron chi connectivity index (χ2n) is 2.00. The van der Waals surface area contributed by atoms with E-state index in [1.807, 2.05) is 0 Å². The lowest BCUT2D eigenvalue weighted by atomic mass is 10.4. The molecule has 0 spiro atoms. The summed E-state index contributed by atoms with van der Waals surface area (Å²) in [5.74, 6) is -0.592. The van der Waals surface area contributed by atoms with Crippen LogP contribution in [0.25, 0.3) is 0 Å². The zero-order valence-corrected chi connectivity index (χ0v) is 8.04. The van der Waals surface area contributed by atoms with Gasteiger partial charge < -0.3 is 10.4 Å². The first-order chi connectivity index (χ1) is 4.90. The smallest absolute Gasteiger partial charge is 0.218 e. The van der Waals surface area contributed by atoms with Crippen molar-refractivity contribution in [2.45, 2.75) is 17.5 Å². The fourth-order valence-corrected chi connectivity index (χ4v) is 0.626. The van der Waals surface area contributed by atoms with E-state index in [2.05, 4.69) is 5.32 Å². The van der Waals surface area contributed by atoms with E-state index in [4.69, 9.17) is 39.9 Å². The molecule has 0 fully saturated rings. The topological polar surface area (TPSA) is 49.3 Å². The van der Waals surface area contributed by atoms with E-state index in [0.29, 0.717) is 0 Å². The van der Waals surface area contributed by atoms with Crippen LogP contribution in [0.15, 0.2) is 0 Å². The highest BCUT2D eigenvalue weighted by atomic mass is 35.5. The zero-order chi connectivity index (χ0) is 9.07. The van der Waals surface area contributed by atoms with Crippen molar-refractivity contribution in [2.24, 2.45) is 0 Å². The van der Waals surface area contributed by atoms with Crippen LogP contribution in [-0.2, 0) is 4.79 Å². The van der Waals surface area contributed by atoms with Gasteiger partial charge in [-0.15, -0.1) is 11.6 Å². The molecule has 1 unspecified atom stereocenters. The Balaban J connectivity index is 4.01. The lowest BCUT2D eigenvalue weighted by Gasteiger charge is -2.23. The maximum atomic E-state index is 10.4. The molecule has 0 rings (SSSR count). The third-order valence-electron chi connectivity index (χ3n) is 0.918. The monoisotopic (exact) mass is 219 g/mol. The number of alkyl halides is 3. The van der Waals surface area contributed by atoms with E-state index in [0.717, 1.165) is 0 Å². The minimum Gasteiger partial charge on any atom is -0.370 e. The Morgan fingerprint density at radius 1 is 1.73 bits per heavy atom. The highest BCUT2D eigenvalue weighted by Crippen LogP contribution is 2.25. The highest BCUT2D eigenvalue weighted by molar-refractivity contribution is 6.52. The molecule has 0 saturated carbocycles. The Morgan fingerprint density at radius 3 is 2.45 bits per heavy atom. The summed E-state index contributed by atoms with van der Waals surface area (Å²) in [7, 11) is 0. The van der Waals surface area contributed by atoms with Gasteiger partial charge in [-0.3, -0.25) is 4.79 Å². The molecule has 0 aromatic carbocycles. The molecule has 0 aliphatic heterocycles. The molecule has 0 radical (unpaired) electrons. The number of aliphatic hydroxyl groups is 1. The Kier molecular flexibility index (Phi) is 4.48. The van der Waals surface area contributed by atoms with Crippen LogP contribution < -0.4 is 5.32 Å². The predicted molar refractivity (Wildman–Crippen MR) is 45.0 cm³/mol. The summed E-state index contributed by atoms with van der Waals surface area (Å²) in [5.41, 5.74) is 0. The second kappa shape index (κ2) is 4.36. The van der Waals surface area contributed by atoms with Crippen molar-refractivity contribution in [1.82, 2.24) is 5.32 Å². The van der Waals surface area contributed by atoms with Gasteiger partial charge in [0.25, 0.3) is 0 Å². The molecule has 2 N–H and O–H groups in total. The van der Waals surface area contributed by atoms with E-state index < -0.39 is 16.5 Å². The average molecular weight is 220 g/mol. The van der Waals surface area contributed by atoms with Crippen LogP contribution in [0.3, 0.4) is 0 Å². The molecule has 0 aromatic rings. The van der Waals surface area contributed by atoms with Gasteiger partial charge in [0.1, 0.15) is 0 Å². The molecule has 11 heavy (non-hydrogen) atoms. The molecule has 0 aromatic heterocycles. The molecular formula is C5H8Cl3NO2. The molecule has 0 aliphatic carbocycles. The molecule has 0 heterocycles. The third-order valence-corrected chi connectivity index (χ3v) is 2.29. The van der Waals surface area contributed by atoms with Crippen LogP contribution in [0.4, 0.5) is 0 Å². The van der Waals surface area contributed by atoms with Gasteiger partial charge in [-0.2, -0.15) is 0 Å². The van der Waals surface area contributed by atoms with Crippen molar-refractivity contribution in [3.63, 3.8) is 0 Å². The van der Waals surface area contributed by atoms with Crippen LogP contribution >= 0.6 is 34.8 Å². The van der Waals surface area contributed by atoms with Crippen molar-refractivity contribution >= 4 is 40.7 Å². The lowest BCUT2D eigenvalue weighted by molar-refractivity contribution is -0.122. The highest BCUT2D eigenvalue weighted by Gasteiger charge is 2.33. The number of aliphatic hydroxyl groups excluding tert-OH is 1. The van der Waals surface area contributed by atoms with Crippen LogP contribution in [0.2, 0.25) is 0 Å². The van der Waals surface area contributed by atoms with Crippen molar-refractivity contribution in [3.8, 4) is 0 Å². The normalized spacial score (nSPS) is 14.3. The van der Waals surface area contributed by atoms with Crippen molar-refractivity contribution in [3.05, 3.63) is 0 Å². The zero-order valence-electron chi connectivity index (χ0n) is 5.77. The predicted octanol–water partition coefficient (Wildman–Crippen LogP) is 0.854. The van der Waals surface area contributed by atoms with Gasteiger partial charge in [0.15, 0.2) is 10.6 Å². The molecule has 66 valence electrons. The van der Waals surface area contributed by atoms with Crippen molar-refractivity contribution in [1.29, 1.82) is 0 Å². The third kappa shape index (κ3) is 4.01. The molecule has 6 heteroatoms. The Morgan fingerprint density at radius 2 is 2.18 bits per heavy atom. The van der Waals surface area contributed by atoms with Gasteiger partial charge in [0.2, 0.25) is 5.91 Å². The summed E-state index contributed by atoms with van der Waals surface area (Å²) in [4.78, 5) is 10.4. The van der Waals surface area contributed by atoms with Gasteiger partial charge >= 0.3 is 0 Å². The van der Waals surface area contributed by atoms with Crippen molar-refractivity contribution in [2.75, 3.05) is 5.88 Å². The summed E-state index contributed by atoms with van der Waals surface area (Å²) >= 11 is 16.3. The fraction of sp³-hybridized carbons (Fsp3) is 0.800. The second-order valence-corrected chi connectivity index (χ2v) is 3.81.